The van der Waals surface area contributed by atoms with Gasteiger partial charge in [-0.3, -0.25) is 4.79 Å². The van der Waals surface area contributed by atoms with E-state index in [9.17, 15) is 9.59 Å². The fourth-order valence-corrected chi connectivity index (χ4v) is 3.95. The second-order valence-electron chi connectivity index (χ2n) is 7.74. The van der Waals surface area contributed by atoms with Gasteiger partial charge in [-0.2, -0.15) is 0 Å². The van der Waals surface area contributed by atoms with E-state index in [2.05, 4.69) is 5.32 Å². The summed E-state index contributed by atoms with van der Waals surface area (Å²) in [5.74, 6) is 1.89. The summed E-state index contributed by atoms with van der Waals surface area (Å²) in [6, 6.07) is 8.97. The normalized spacial score (nSPS) is 12.6. The van der Waals surface area contributed by atoms with Gasteiger partial charge in [0.25, 0.3) is 0 Å². The predicted octanol–water partition coefficient (Wildman–Crippen LogP) is 4.76. The lowest BCUT2D eigenvalue weighted by Crippen LogP contribution is -2.16. The van der Waals surface area contributed by atoms with Gasteiger partial charge in [-0.1, -0.05) is 0 Å². The van der Waals surface area contributed by atoms with Crippen LogP contribution >= 0.6 is 0 Å². The van der Waals surface area contributed by atoms with E-state index in [1.165, 1.54) is 0 Å². The number of aryl methyl sites for hydroxylation is 3. The van der Waals surface area contributed by atoms with E-state index in [1.54, 1.807) is 24.3 Å². The summed E-state index contributed by atoms with van der Waals surface area (Å²) in [6.07, 6.45) is 0.430. The number of hydrogen-bond acceptors (Lipinski definition) is 6. The molecule has 0 atom stereocenters. The molecule has 0 aliphatic carbocycles. The summed E-state index contributed by atoms with van der Waals surface area (Å²) in [4.78, 5) is 25.1. The quantitative estimate of drug-likeness (QED) is 0.480. The first kappa shape index (κ1) is 19.2. The number of nitrogens with one attached hydrogen (secondary N) is 1. The van der Waals surface area contributed by atoms with E-state index in [1.807, 2.05) is 26.8 Å². The minimum Gasteiger partial charge on any atom is -0.461 e. The summed E-state index contributed by atoms with van der Waals surface area (Å²) in [7, 11) is 0. The number of amides is 1. The molecule has 2 aromatic heterocycles. The van der Waals surface area contributed by atoms with Crippen LogP contribution < -0.4 is 20.4 Å². The van der Waals surface area contributed by atoms with Crippen molar-refractivity contribution < 1.29 is 23.1 Å². The first-order chi connectivity index (χ1) is 14.9. The fraction of sp³-hybridized carbons (Fsp3) is 0.250. The van der Waals surface area contributed by atoms with Crippen molar-refractivity contribution >= 4 is 33.5 Å². The van der Waals surface area contributed by atoms with Crippen LogP contribution in [0.25, 0.3) is 21.9 Å². The van der Waals surface area contributed by atoms with Crippen LogP contribution in [0.4, 0.5) is 5.69 Å². The lowest BCUT2D eigenvalue weighted by atomic mass is 10.0. The minimum atomic E-state index is -0.430. The van der Waals surface area contributed by atoms with Crippen molar-refractivity contribution in [1.29, 1.82) is 0 Å². The van der Waals surface area contributed by atoms with Gasteiger partial charge in [0, 0.05) is 40.6 Å². The molecule has 0 saturated carbocycles. The molecule has 1 amide bonds. The van der Waals surface area contributed by atoms with E-state index >= 15 is 0 Å². The summed E-state index contributed by atoms with van der Waals surface area (Å²) < 4.78 is 21.9. The highest BCUT2D eigenvalue weighted by molar-refractivity contribution is 5.97. The molecule has 0 unspecified atom stereocenters. The molecule has 7 nitrogen and oxygen atoms in total. The Labute approximate surface area is 177 Å². The number of benzene rings is 2. The Bertz CT molecular complexity index is 1410. The second kappa shape index (κ2) is 7.19. The topological polar surface area (TPSA) is 90.9 Å². The van der Waals surface area contributed by atoms with Gasteiger partial charge in [0.15, 0.2) is 11.5 Å². The number of furan rings is 1. The first-order valence-electron chi connectivity index (χ1n) is 10.1. The molecule has 7 heteroatoms. The van der Waals surface area contributed by atoms with Crippen LogP contribution in [0.3, 0.4) is 0 Å². The van der Waals surface area contributed by atoms with Gasteiger partial charge in [0.2, 0.25) is 12.7 Å². The van der Waals surface area contributed by atoms with Gasteiger partial charge in [-0.25, -0.2) is 4.79 Å². The van der Waals surface area contributed by atoms with E-state index in [-0.39, 0.29) is 25.5 Å². The third-order valence-electron chi connectivity index (χ3n) is 5.84. The van der Waals surface area contributed by atoms with Crippen LogP contribution in [0.2, 0.25) is 0 Å². The standard InChI is InChI=1S/C24H21NO6/c1-12-14(3)30-20-10-21-18(9-17(12)20)13(2)16(24(27)31-21)5-7-23(26)25-15-4-6-19-22(8-15)29-11-28-19/h4,6,8-10H,5,7,11H2,1-3H3,(H,25,26). The van der Waals surface area contributed by atoms with Crippen LogP contribution in [-0.2, 0) is 11.2 Å². The fourth-order valence-electron chi connectivity index (χ4n) is 3.95. The van der Waals surface area contributed by atoms with Crippen molar-refractivity contribution in [3.8, 4) is 11.5 Å². The molecule has 31 heavy (non-hydrogen) atoms. The highest BCUT2D eigenvalue weighted by atomic mass is 16.7. The van der Waals surface area contributed by atoms with Crippen molar-refractivity contribution in [2.45, 2.75) is 33.6 Å². The maximum Gasteiger partial charge on any atom is 0.339 e. The molecule has 0 spiro atoms. The SMILES string of the molecule is Cc1oc2cc3oc(=O)c(CCC(=O)Nc4ccc5c(c4)OCO5)c(C)c3cc2c1C. The Morgan fingerprint density at radius 3 is 2.52 bits per heavy atom. The summed E-state index contributed by atoms with van der Waals surface area (Å²) in [5, 5.41) is 4.68. The van der Waals surface area contributed by atoms with Crippen LogP contribution in [0.1, 0.15) is 28.9 Å². The summed E-state index contributed by atoms with van der Waals surface area (Å²) in [6.45, 7) is 5.97. The average Bonchev–Trinajstić information content (AvgIpc) is 3.30. The molecule has 1 N–H and O–H groups in total. The lowest BCUT2D eigenvalue weighted by molar-refractivity contribution is -0.116. The monoisotopic (exact) mass is 419 g/mol. The Morgan fingerprint density at radius 2 is 1.68 bits per heavy atom. The first-order valence-corrected chi connectivity index (χ1v) is 10.1. The Hall–Kier alpha value is -3.74. The Kier molecular flexibility index (Phi) is 4.46. The zero-order valence-electron chi connectivity index (χ0n) is 17.5. The number of carbonyl (C=O) groups excluding carboxylic acids is 1. The molecular formula is C24H21NO6. The van der Waals surface area contributed by atoms with Crippen molar-refractivity contribution in [1.82, 2.24) is 0 Å². The molecule has 1 aliphatic rings. The summed E-state index contributed by atoms with van der Waals surface area (Å²) in [5.41, 5.74) is 3.75. The van der Waals surface area contributed by atoms with E-state index in [0.717, 1.165) is 27.7 Å². The Morgan fingerprint density at radius 1 is 0.935 bits per heavy atom. The molecule has 0 radical (unpaired) electrons. The van der Waals surface area contributed by atoms with E-state index in [0.29, 0.717) is 33.9 Å². The summed E-state index contributed by atoms with van der Waals surface area (Å²) >= 11 is 0. The van der Waals surface area contributed by atoms with Crippen LogP contribution in [-0.4, -0.2) is 12.7 Å². The van der Waals surface area contributed by atoms with Gasteiger partial charge >= 0.3 is 5.63 Å². The van der Waals surface area contributed by atoms with Crippen molar-refractivity contribution in [3.63, 3.8) is 0 Å². The molecule has 2 aromatic carbocycles. The third-order valence-corrected chi connectivity index (χ3v) is 5.84. The highest BCUT2D eigenvalue weighted by Gasteiger charge is 2.17. The van der Waals surface area contributed by atoms with Crippen LogP contribution in [0, 0.1) is 20.8 Å². The minimum absolute atomic E-state index is 0.150. The zero-order chi connectivity index (χ0) is 21.7. The van der Waals surface area contributed by atoms with Crippen molar-refractivity contribution in [2.75, 3.05) is 12.1 Å². The zero-order valence-corrected chi connectivity index (χ0v) is 17.5. The van der Waals surface area contributed by atoms with Gasteiger partial charge in [0.05, 0.1) is 0 Å². The number of anilines is 1. The van der Waals surface area contributed by atoms with Gasteiger partial charge in [-0.05, 0) is 56.5 Å². The molecule has 0 fully saturated rings. The average molecular weight is 419 g/mol. The molecule has 1 aliphatic heterocycles. The van der Waals surface area contributed by atoms with Gasteiger partial charge in [0.1, 0.15) is 16.9 Å². The predicted molar refractivity (Wildman–Crippen MR) is 116 cm³/mol. The molecule has 0 bridgehead atoms. The number of hydrogen-bond donors (Lipinski definition) is 1. The number of rotatable bonds is 4. The number of fused-ring (bicyclic) bond motifs is 3. The highest BCUT2D eigenvalue weighted by Crippen LogP contribution is 2.34. The second-order valence-corrected chi connectivity index (χ2v) is 7.74. The molecule has 0 saturated heterocycles. The largest absolute Gasteiger partial charge is 0.461 e. The molecular weight excluding hydrogens is 398 g/mol. The molecule has 4 aromatic rings. The molecule has 5 rings (SSSR count). The van der Waals surface area contributed by atoms with Crippen molar-refractivity contribution in [3.05, 3.63) is 63.2 Å². The van der Waals surface area contributed by atoms with Crippen molar-refractivity contribution in [2.24, 2.45) is 0 Å². The van der Waals surface area contributed by atoms with E-state index < -0.39 is 5.63 Å². The van der Waals surface area contributed by atoms with Crippen LogP contribution in [0.5, 0.6) is 11.5 Å². The smallest absolute Gasteiger partial charge is 0.339 e. The van der Waals surface area contributed by atoms with E-state index in [4.69, 9.17) is 18.3 Å². The number of carbonyl (C=O) groups is 1. The number of ether oxygens (including phenoxy) is 2. The lowest BCUT2D eigenvalue weighted by Gasteiger charge is -2.09. The molecule has 3 heterocycles. The van der Waals surface area contributed by atoms with Crippen LogP contribution in [0.15, 0.2) is 44.0 Å². The third kappa shape index (κ3) is 3.32. The Balaban J connectivity index is 1.39. The maximum absolute atomic E-state index is 12.6. The van der Waals surface area contributed by atoms with Gasteiger partial charge in [-0.15, -0.1) is 0 Å². The maximum atomic E-state index is 12.6. The van der Waals surface area contributed by atoms with Gasteiger partial charge < -0.3 is 23.6 Å². The molecule has 158 valence electrons.